The first-order valence-electron chi connectivity index (χ1n) is 11.9. The van der Waals surface area contributed by atoms with E-state index in [1.807, 2.05) is 6.92 Å². The summed E-state index contributed by atoms with van der Waals surface area (Å²) in [6.07, 6.45) is 10.7. The summed E-state index contributed by atoms with van der Waals surface area (Å²) in [5.41, 5.74) is 1.95. The van der Waals surface area contributed by atoms with Crippen LogP contribution in [0.25, 0.3) is 5.57 Å². The van der Waals surface area contributed by atoms with Crippen LogP contribution in [0.2, 0.25) is 0 Å². The molecule has 7 nitrogen and oxygen atoms in total. The average Bonchev–Trinajstić information content (AvgIpc) is 3.23. The van der Waals surface area contributed by atoms with E-state index >= 15 is 0 Å². The lowest BCUT2D eigenvalue weighted by molar-refractivity contribution is -0.947. The maximum atomic E-state index is 12.2. The SMILES string of the molecule is CCCCCCOc1nsnc1C1=CCC[N+](C)(C(CC)OC(=O)OCCCCC)C1. The lowest BCUT2D eigenvalue weighted by atomic mass is 10.0. The number of carbonyl (C=O) groups is 1. The zero-order valence-corrected chi connectivity index (χ0v) is 20.5. The molecule has 2 rings (SSSR count). The van der Waals surface area contributed by atoms with E-state index in [1.165, 1.54) is 31.0 Å². The smallest absolute Gasteiger partial charge is 0.475 e. The highest BCUT2D eigenvalue weighted by Crippen LogP contribution is 2.32. The molecule has 0 aromatic carbocycles. The van der Waals surface area contributed by atoms with Crippen LogP contribution >= 0.6 is 11.7 Å². The van der Waals surface area contributed by atoms with Crippen molar-refractivity contribution in [3.8, 4) is 5.88 Å². The number of ether oxygens (including phenoxy) is 3. The first kappa shape index (κ1) is 25.6. The predicted molar refractivity (Wildman–Crippen MR) is 124 cm³/mol. The van der Waals surface area contributed by atoms with Crippen molar-refractivity contribution < 1.29 is 23.5 Å². The number of carbonyl (C=O) groups excluding carboxylic acids is 1. The van der Waals surface area contributed by atoms with Gasteiger partial charge in [0, 0.05) is 18.4 Å². The van der Waals surface area contributed by atoms with E-state index in [-0.39, 0.29) is 6.23 Å². The van der Waals surface area contributed by atoms with Crippen LogP contribution in [0, 0.1) is 0 Å². The maximum Gasteiger partial charge on any atom is 0.512 e. The second-order valence-corrected chi connectivity index (χ2v) is 9.02. The van der Waals surface area contributed by atoms with Crippen molar-refractivity contribution in [1.29, 1.82) is 0 Å². The quantitative estimate of drug-likeness (QED) is 0.201. The van der Waals surface area contributed by atoms with Crippen molar-refractivity contribution in [2.75, 3.05) is 33.4 Å². The van der Waals surface area contributed by atoms with Gasteiger partial charge in [0.25, 0.3) is 5.88 Å². The molecule has 0 radical (unpaired) electrons. The van der Waals surface area contributed by atoms with E-state index in [2.05, 4.69) is 35.7 Å². The molecule has 31 heavy (non-hydrogen) atoms. The van der Waals surface area contributed by atoms with Gasteiger partial charge in [-0.3, -0.25) is 4.48 Å². The number of hydrogen-bond donors (Lipinski definition) is 0. The van der Waals surface area contributed by atoms with E-state index in [9.17, 15) is 4.79 Å². The van der Waals surface area contributed by atoms with Gasteiger partial charge in [0.05, 0.1) is 38.5 Å². The van der Waals surface area contributed by atoms with Crippen LogP contribution in [0.15, 0.2) is 6.08 Å². The number of quaternary nitrogens is 1. The summed E-state index contributed by atoms with van der Waals surface area (Å²) < 4.78 is 26.5. The molecular weight excluding hydrogens is 414 g/mol. The Labute approximate surface area is 191 Å². The fourth-order valence-electron chi connectivity index (χ4n) is 3.96. The molecule has 0 saturated heterocycles. The first-order valence-corrected chi connectivity index (χ1v) is 12.6. The molecule has 0 aliphatic carbocycles. The van der Waals surface area contributed by atoms with Crippen molar-refractivity contribution in [2.24, 2.45) is 0 Å². The molecule has 2 heterocycles. The number of nitrogens with zero attached hydrogens (tertiary/aromatic N) is 3. The fourth-order valence-corrected chi connectivity index (χ4v) is 4.49. The van der Waals surface area contributed by atoms with Crippen LogP contribution in [0.3, 0.4) is 0 Å². The molecule has 8 heteroatoms. The fraction of sp³-hybridized carbons (Fsp3) is 0.783. The van der Waals surface area contributed by atoms with E-state index in [1.54, 1.807) is 0 Å². The van der Waals surface area contributed by atoms with Crippen LogP contribution in [-0.2, 0) is 9.47 Å². The van der Waals surface area contributed by atoms with Gasteiger partial charge in [0.15, 0.2) is 0 Å². The summed E-state index contributed by atoms with van der Waals surface area (Å²) in [5.74, 6) is 0.630. The monoisotopic (exact) mass is 454 g/mol. The van der Waals surface area contributed by atoms with Gasteiger partial charge >= 0.3 is 6.16 Å². The molecular formula is C23H40N3O4S+. The molecule has 0 amide bonds. The molecule has 0 N–H and O–H groups in total. The average molecular weight is 455 g/mol. The van der Waals surface area contributed by atoms with Gasteiger partial charge < -0.3 is 14.2 Å². The third-order valence-electron chi connectivity index (χ3n) is 5.81. The Morgan fingerprint density at radius 3 is 2.58 bits per heavy atom. The molecule has 1 aliphatic rings. The minimum absolute atomic E-state index is 0.257. The molecule has 1 aliphatic heterocycles. The van der Waals surface area contributed by atoms with E-state index in [0.717, 1.165) is 62.9 Å². The number of likely N-dealkylation sites (N-methyl/N-ethyl adjacent to an activating group) is 1. The standard InChI is InChI=1S/C23H40N3O4S/c1-5-8-10-12-16-28-22-21(24-31-25-22)19-14-13-15-26(4,18-19)20(7-3)30-23(27)29-17-11-9-6-2/h14,20H,5-13,15-18H2,1-4H3/q+1. The van der Waals surface area contributed by atoms with E-state index in [4.69, 9.17) is 14.2 Å². The van der Waals surface area contributed by atoms with Gasteiger partial charge in [-0.05, 0) is 12.8 Å². The minimum Gasteiger partial charge on any atom is -0.475 e. The highest BCUT2D eigenvalue weighted by molar-refractivity contribution is 6.99. The predicted octanol–water partition coefficient (Wildman–Crippen LogP) is 5.81. The number of hydrogen-bond acceptors (Lipinski definition) is 7. The molecule has 2 atom stereocenters. The summed E-state index contributed by atoms with van der Waals surface area (Å²) >= 11 is 1.19. The largest absolute Gasteiger partial charge is 0.512 e. The lowest BCUT2D eigenvalue weighted by Crippen LogP contribution is -2.56. The van der Waals surface area contributed by atoms with Gasteiger partial charge in [-0.25, -0.2) is 4.79 Å². The van der Waals surface area contributed by atoms with Crippen LogP contribution in [-0.4, -0.2) is 59.0 Å². The van der Waals surface area contributed by atoms with Crippen molar-refractivity contribution >= 4 is 23.5 Å². The normalized spacial score (nSPS) is 19.5. The zero-order valence-electron chi connectivity index (χ0n) is 19.7. The van der Waals surface area contributed by atoms with E-state index < -0.39 is 6.16 Å². The zero-order chi connectivity index (χ0) is 22.5. The van der Waals surface area contributed by atoms with Gasteiger partial charge in [-0.1, -0.05) is 59.0 Å². The molecule has 0 fully saturated rings. The Bertz CT molecular complexity index is 694. The maximum absolute atomic E-state index is 12.2. The van der Waals surface area contributed by atoms with Gasteiger partial charge in [0.2, 0.25) is 6.23 Å². The summed E-state index contributed by atoms with van der Waals surface area (Å²) in [7, 11) is 2.14. The second kappa shape index (κ2) is 13.7. The Morgan fingerprint density at radius 1 is 1.10 bits per heavy atom. The van der Waals surface area contributed by atoms with Gasteiger partial charge in [0.1, 0.15) is 12.2 Å². The number of unbranched alkanes of at least 4 members (excludes halogenated alkanes) is 5. The van der Waals surface area contributed by atoms with Crippen LogP contribution in [0.5, 0.6) is 5.88 Å². The Balaban J connectivity index is 1.95. The summed E-state index contributed by atoms with van der Waals surface area (Å²) in [6, 6.07) is 0. The lowest BCUT2D eigenvalue weighted by Gasteiger charge is -2.42. The molecule has 0 saturated carbocycles. The van der Waals surface area contributed by atoms with Crippen molar-refractivity contribution in [3.05, 3.63) is 11.8 Å². The Kier molecular flexibility index (Phi) is 11.3. The number of rotatable bonds is 14. The molecule has 1 aromatic rings. The molecule has 1 aromatic heterocycles. The summed E-state index contributed by atoms with van der Waals surface area (Å²) in [4.78, 5) is 12.2. The van der Waals surface area contributed by atoms with Crippen LogP contribution < -0.4 is 4.74 Å². The third-order valence-corrected chi connectivity index (χ3v) is 6.32. The van der Waals surface area contributed by atoms with Crippen LogP contribution in [0.1, 0.15) is 84.3 Å². The Morgan fingerprint density at radius 2 is 1.84 bits per heavy atom. The Hall–Kier alpha value is -1.67. The van der Waals surface area contributed by atoms with Crippen molar-refractivity contribution in [2.45, 2.75) is 84.8 Å². The number of aromatic nitrogens is 2. The topological polar surface area (TPSA) is 70.5 Å². The highest BCUT2D eigenvalue weighted by Gasteiger charge is 2.38. The van der Waals surface area contributed by atoms with Crippen LogP contribution in [0.4, 0.5) is 4.79 Å². The van der Waals surface area contributed by atoms with Crippen molar-refractivity contribution in [3.63, 3.8) is 0 Å². The highest BCUT2D eigenvalue weighted by atomic mass is 32.1. The van der Waals surface area contributed by atoms with E-state index in [0.29, 0.717) is 23.6 Å². The third kappa shape index (κ3) is 8.07. The first-order chi connectivity index (χ1) is 15.0. The summed E-state index contributed by atoms with van der Waals surface area (Å²) in [6.45, 7) is 9.08. The van der Waals surface area contributed by atoms with Gasteiger partial charge in [-0.15, -0.1) is 4.37 Å². The minimum atomic E-state index is -0.565. The van der Waals surface area contributed by atoms with Gasteiger partial charge in [-0.2, -0.15) is 4.37 Å². The molecule has 2 unspecified atom stereocenters. The second-order valence-electron chi connectivity index (χ2n) is 8.49. The molecule has 176 valence electrons. The molecule has 0 spiro atoms. The summed E-state index contributed by atoms with van der Waals surface area (Å²) in [5, 5.41) is 0. The van der Waals surface area contributed by atoms with Crippen molar-refractivity contribution in [1.82, 2.24) is 8.75 Å². The molecule has 0 bridgehead atoms.